The number of hydrogen-bond donors (Lipinski definition) is 0. The maximum atomic E-state index is 13.4. The molecule has 2 aromatic carbocycles. The van der Waals surface area contributed by atoms with Gasteiger partial charge in [0.2, 0.25) is 11.8 Å². The van der Waals surface area contributed by atoms with Gasteiger partial charge in [0, 0.05) is 24.3 Å². The largest absolute Gasteiger partial charge is 0.292 e. The molecule has 0 aromatic heterocycles. The van der Waals surface area contributed by atoms with E-state index < -0.39 is 35.4 Å². The molecule has 30 heavy (non-hydrogen) atoms. The van der Waals surface area contributed by atoms with Crippen LogP contribution in [0.5, 0.6) is 0 Å². The minimum absolute atomic E-state index is 0.0261. The number of carbonyl (C=O) groups is 4. The number of Topliss-reactive ketones (excluding diaryl/α,β-unsaturated/α-hetero) is 1. The minimum atomic E-state index is -1.26. The summed E-state index contributed by atoms with van der Waals surface area (Å²) in [7, 11) is 0. The zero-order chi connectivity index (χ0) is 21.8. The predicted molar refractivity (Wildman–Crippen MR) is 109 cm³/mol. The lowest BCUT2D eigenvalue weighted by Gasteiger charge is -2.36. The predicted octanol–water partition coefficient (Wildman–Crippen LogP) is 3.87. The van der Waals surface area contributed by atoms with Crippen LogP contribution in [0.3, 0.4) is 0 Å². The normalized spacial score (nSPS) is 14.7. The van der Waals surface area contributed by atoms with E-state index in [1.54, 1.807) is 12.1 Å². The van der Waals surface area contributed by atoms with Crippen LogP contribution in [0.2, 0.25) is 5.02 Å². The summed E-state index contributed by atoms with van der Waals surface area (Å²) in [5, 5.41) is 1.64. The van der Waals surface area contributed by atoms with Crippen molar-refractivity contribution in [2.45, 2.75) is 25.3 Å². The summed E-state index contributed by atoms with van der Waals surface area (Å²) in [5.74, 6) is -3.13. The third-order valence-electron chi connectivity index (χ3n) is 4.66. The topological polar surface area (TPSA) is 74.8 Å². The standard InChI is InChI=1S/C21H17Cl2FN2O4/c22-12-11-17(20(29)13-5-7-14(24)8-6-13)25(26-18(27)9-10-19(26)28)21(30)15-3-1-2-4-16(15)23/h1-8,17H,9-12H2/t17-/m0/s1. The molecule has 0 bridgehead atoms. The molecule has 9 heteroatoms. The van der Waals surface area contributed by atoms with E-state index in [4.69, 9.17) is 23.2 Å². The van der Waals surface area contributed by atoms with Crippen molar-refractivity contribution >= 4 is 46.7 Å². The number of hydrazine groups is 1. The second kappa shape index (κ2) is 9.36. The first kappa shape index (κ1) is 21.9. The lowest BCUT2D eigenvalue weighted by Crippen LogP contribution is -2.57. The number of ketones is 1. The van der Waals surface area contributed by atoms with Crippen LogP contribution in [0.4, 0.5) is 4.39 Å². The van der Waals surface area contributed by atoms with Crippen LogP contribution < -0.4 is 0 Å². The van der Waals surface area contributed by atoms with Crippen LogP contribution in [0.25, 0.3) is 0 Å². The molecule has 0 unspecified atom stereocenters. The van der Waals surface area contributed by atoms with Crippen LogP contribution in [-0.2, 0) is 9.59 Å². The van der Waals surface area contributed by atoms with E-state index in [9.17, 15) is 23.6 Å². The lowest BCUT2D eigenvalue weighted by molar-refractivity contribution is -0.154. The number of halogens is 3. The van der Waals surface area contributed by atoms with Gasteiger partial charge in [0.15, 0.2) is 5.78 Å². The van der Waals surface area contributed by atoms with Crippen molar-refractivity contribution in [2.75, 3.05) is 5.88 Å². The molecule has 1 aliphatic heterocycles. The third kappa shape index (κ3) is 4.37. The Labute approximate surface area is 182 Å². The second-order valence-electron chi connectivity index (χ2n) is 6.59. The maximum Gasteiger partial charge on any atom is 0.275 e. The molecule has 2 aromatic rings. The fraction of sp³-hybridized carbons (Fsp3) is 0.238. The Bertz CT molecular complexity index is 981. The molecule has 0 N–H and O–H groups in total. The number of carbonyl (C=O) groups excluding carboxylic acids is 4. The van der Waals surface area contributed by atoms with Gasteiger partial charge < -0.3 is 0 Å². The Morgan fingerprint density at radius 2 is 1.63 bits per heavy atom. The number of amides is 3. The molecular formula is C21H17Cl2FN2O4. The zero-order valence-electron chi connectivity index (χ0n) is 15.7. The molecule has 0 saturated carbocycles. The summed E-state index contributed by atoms with van der Waals surface area (Å²) >= 11 is 12.0. The van der Waals surface area contributed by atoms with Crippen LogP contribution in [0.15, 0.2) is 48.5 Å². The molecule has 0 radical (unpaired) electrons. The average molecular weight is 451 g/mol. The van der Waals surface area contributed by atoms with E-state index in [0.717, 1.165) is 17.1 Å². The molecule has 0 spiro atoms. The number of hydrogen-bond acceptors (Lipinski definition) is 4. The van der Waals surface area contributed by atoms with Crippen molar-refractivity contribution in [3.05, 3.63) is 70.5 Å². The Kier molecular flexibility index (Phi) is 6.84. The molecule has 6 nitrogen and oxygen atoms in total. The second-order valence-corrected chi connectivity index (χ2v) is 7.38. The highest BCUT2D eigenvalue weighted by Crippen LogP contribution is 2.26. The van der Waals surface area contributed by atoms with Crippen LogP contribution in [-0.4, -0.2) is 45.4 Å². The first-order valence-corrected chi connectivity index (χ1v) is 10.1. The molecule has 0 aliphatic carbocycles. The number of imide groups is 1. The highest BCUT2D eigenvalue weighted by molar-refractivity contribution is 6.34. The quantitative estimate of drug-likeness (QED) is 0.364. The summed E-state index contributed by atoms with van der Waals surface area (Å²) in [6.07, 6.45) is -0.196. The maximum absolute atomic E-state index is 13.4. The average Bonchev–Trinajstić information content (AvgIpc) is 3.06. The van der Waals surface area contributed by atoms with Crippen molar-refractivity contribution in [2.24, 2.45) is 0 Å². The molecule has 1 saturated heterocycles. The fourth-order valence-electron chi connectivity index (χ4n) is 3.21. The van der Waals surface area contributed by atoms with E-state index in [0.29, 0.717) is 5.01 Å². The van der Waals surface area contributed by atoms with Crippen LogP contribution >= 0.6 is 23.2 Å². The molecule has 1 atom stereocenters. The number of nitrogens with zero attached hydrogens (tertiary/aromatic N) is 2. The number of rotatable bonds is 7. The minimum Gasteiger partial charge on any atom is -0.292 e. The van der Waals surface area contributed by atoms with Crippen LogP contribution in [0.1, 0.15) is 40.0 Å². The number of alkyl halides is 1. The summed E-state index contributed by atoms with van der Waals surface area (Å²) in [5.41, 5.74) is 0.140. The Morgan fingerprint density at radius 3 is 2.20 bits per heavy atom. The first-order valence-electron chi connectivity index (χ1n) is 9.14. The van der Waals surface area contributed by atoms with E-state index in [1.165, 1.54) is 24.3 Å². The van der Waals surface area contributed by atoms with Gasteiger partial charge in [-0.05, 0) is 42.8 Å². The molecule has 3 amide bonds. The van der Waals surface area contributed by atoms with Gasteiger partial charge in [0.1, 0.15) is 11.9 Å². The van der Waals surface area contributed by atoms with Crippen molar-refractivity contribution in [1.29, 1.82) is 0 Å². The van der Waals surface area contributed by atoms with Gasteiger partial charge >= 0.3 is 0 Å². The smallest absolute Gasteiger partial charge is 0.275 e. The van der Waals surface area contributed by atoms with Gasteiger partial charge in [-0.15, -0.1) is 11.6 Å². The van der Waals surface area contributed by atoms with Crippen molar-refractivity contribution in [1.82, 2.24) is 10.0 Å². The number of benzene rings is 2. The first-order chi connectivity index (χ1) is 14.3. The van der Waals surface area contributed by atoms with E-state index >= 15 is 0 Å². The highest BCUT2D eigenvalue weighted by atomic mass is 35.5. The Balaban J connectivity index is 2.10. The van der Waals surface area contributed by atoms with E-state index in [-0.39, 0.29) is 41.3 Å². The summed E-state index contributed by atoms with van der Waals surface area (Å²) in [6, 6.07) is 9.60. The molecular weight excluding hydrogens is 434 g/mol. The lowest BCUT2D eigenvalue weighted by atomic mass is 10.0. The monoisotopic (exact) mass is 450 g/mol. The summed E-state index contributed by atoms with van der Waals surface area (Å²) in [4.78, 5) is 51.5. The van der Waals surface area contributed by atoms with Crippen LogP contribution in [0, 0.1) is 5.82 Å². The van der Waals surface area contributed by atoms with Gasteiger partial charge in [-0.3, -0.25) is 19.2 Å². The van der Waals surface area contributed by atoms with E-state index in [1.807, 2.05) is 0 Å². The SMILES string of the molecule is O=C(c1ccc(F)cc1)[C@H](CCCl)N(C(=O)c1ccccc1Cl)N1C(=O)CCC1=O. The Hall–Kier alpha value is -2.77. The fourth-order valence-corrected chi connectivity index (χ4v) is 3.63. The third-order valence-corrected chi connectivity index (χ3v) is 5.21. The van der Waals surface area contributed by atoms with Crippen molar-refractivity contribution in [3.63, 3.8) is 0 Å². The van der Waals surface area contributed by atoms with Gasteiger partial charge in [-0.25, -0.2) is 9.40 Å². The molecule has 1 aliphatic rings. The molecule has 1 heterocycles. The Morgan fingerprint density at radius 1 is 1.03 bits per heavy atom. The van der Waals surface area contributed by atoms with E-state index in [2.05, 4.69) is 0 Å². The van der Waals surface area contributed by atoms with Crippen molar-refractivity contribution in [3.8, 4) is 0 Å². The summed E-state index contributed by atoms with van der Waals surface area (Å²) in [6.45, 7) is 0. The van der Waals surface area contributed by atoms with Gasteiger partial charge in [-0.1, -0.05) is 23.7 Å². The molecule has 3 rings (SSSR count). The molecule has 1 fully saturated rings. The van der Waals surface area contributed by atoms with Gasteiger partial charge in [-0.2, -0.15) is 5.01 Å². The van der Waals surface area contributed by atoms with Crippen molar-refractivity contribution < 1.29 is 23.6 Å². The van der Waals surface area contributed by atoms with Gasteiger partial charge in [0.25, 0.3) is 5.91 Å². The highest BCUT2D eigenvalue weighted by Gasteiger charge is 2.43. The summed E-state index contributed by atoms with van der Waals surface area (Å²) < 4.78 is 13.3. The van der Waals surface area contributed by atoms with Gasteiger partial charge in [0.05, 0.1) is 10.6 Å². The zero-order valence-corrected chi connectivity index (χ0v) is 17.2. The molecule has 156 valence electrons.